The highest BCUT2D eigenvalue weighted by molar-refractivity contribution is 8.01. The molecule has 0 spiro atoms. The average molecular weight is 320 g/mol. The van der Waals surface area contributed by atoms with Gasteiger partial charge in [-0.3, -0.25) is 9.59 Å². The fraction of sp³-hybridized carbons (Fsp3) is 0.500. The number of anilines is 1. The first-order valence-corrected chi connectivity index (χ1v) is 8.65. The predicted molar refractivity (Wildman–Crippen MR) is 87.0 cm³/mol. The quantitative estimate of drug-likeness (QED) is 0.918. The standard InChI is InChI=1S/C16H20N2O3S/c19-15(18-7-9-21-10-8-18)11-22-14-6-5-12-3-1-2-4-13(12)17-16(14)20/h1-4,14H,5-11H2,(H,17,20). The summed E-state index contributed by atoms with van der Waals surface area (Å²) in [6.07, 6.45) is 1.63. The molecule has 1 fully saturated rings. The lowest BCUT2D eigenvalue weighted by atomic mass is 10.1. The first-order valence-electron chi connectivity index (χ1n) is 7.60. The minimum absolute atomic E-state index is 0.00438. The molecule has 3 rings (SSSR count). The summed E-state index contributed by atoms with van der Waals surface area (Å²) in [7, 11) is 0. The van der Waals surface area contributed by atoms with Gasteiger partial charge in [-0.05, 0) is 24.5 Å². The molecule has 2 aliphatic rings. The third-order valence-electron chi connectivity index (χ3n) is 4.02. The zero-order valence-electron chi connectivity index (χ0n) is 12.4. The molecule has 1 atom stereocenters. The van der Waals surface area contributed by atoms with Crippen molar-refractivity contribution in [2.75, 3.05) is 37.4 Å². The summed E-state index contributed by atoms with van der Waals surface area (Å²) < 4.78 is 5.25. The molecule has 1 saturated heterocycles. The number of amides is 2. The van der Waals surface area contributed by atoms with Gasteiger partial charge in [-0.25, -0.2) is 0 Å². The number of aryl methyl sites for hydroxylation is 1. The van der Waals surface area contributed by atoms with Crippen LogP contribution in [0.3, 0.4) is 0 Å². The van der Waals surface area contributed by atoms with Crippen molar-refractivity contribution in [2.45, 2.75) is 18.1 Å². The Balaban J connectivity index is 1.55. The number of para-hydroxylation sites is 1. The van der Waals surface area contributed by atoms with E-state index in [-0.39, 0.29) is 17.1 Å². The van der Waals surface area contributed by atoms with Gasteiger partial charge in [-0.2, -0.15) is 0 Å². The molecule has 0 radical (unpaired) electrons. The first-order chi connectivity index (χ1) is 10.7. The molecule has 5 nitrogen and oxygen atoms in total. The number of hydrogen-bond acceptors (Lipinski definition) is 4. The molecule has 1 aromatic carbocycles. The Hall–Kier alpha value is -1.53. The van der Waals surface area contributed by atoms with E-state index in [2.05, 4.69) is 5.32 Å². The topological polar surface area (TPSA) is 58.6 Å². The van der Waals surface area contributed by atoms with Crippen molar-refractivity contribution in [1.29, 1.82) is 0 Å². The van der Waals surface area contributed by atoms with Gasteiger partial charge in [0.2, 0.25) is 11.8 Å². The molecule has 1 N–H and O–H groups in total. The molecule has 0 bridgehead atoms. The molecule has 2 amide bonds. The van der Waals surface area contributed by atoms with Gasteiger partial charge in [0.05, 0.1) is 24.2 Å². The van der Waals surface area contributed by atoms with Gasteiger partial charge in [0, 0.05) is 18.8 Å². The van der Waals surface area contributed by atoms with Crippen LogP contribution in [0.25, 0.3) is 0 Å². The van der Waals surface area contributed by atoms with Crippen LogP contribution in [0.2, 0.25) is 0 Å². The van der Waals surface area contributed by atoms with Gasteiger partial charge in [0.25, 0.3) is 0 Å². The molecule has 22 heavy (non-hydrogen) atoms. The Kier molecular flexibility index (Phi) is 5.00. The van der Waals surface area contributed by atoms with E-state index < -0.39 is 0 Å². The molecule has 6 heteroatoms. The zero-order chi connectivity index (χ0) is 15.4. The number of nitrogens with one attached hydrogen (secondary N) is 1. The van der Waals surface area contributed by atoms with Crippen LogP contribution in [0.1, 0.15) is 12.0 Å². The van der Waals surface area contributed by atoms with Gasteiger partial charge >= 0.3 is 0 Å². The molecule has 0 saturated carbocycles. The summed E-state index contributed by atoms with van der Waals surface area (Å²) in [5.41, 5.74) is 2.06. The van der Waals surface area contributed by atoms with Crippen molar-refractivity contribution < 1.29 is 14.3 Å². The summed E-state index contributed by atoms with van der Waals surface area (Å²) in [4.78, 5) is 26.3. The van der Waals surface area contributed by atoms with Gasteiger partial charge < -0.3 is 15.0 Å². The van der Waals surface area contributed by atoms with Crippen molar-refractivity contribution in [3.8, 4) is 0 Å². The van der Waals surface area contributed by atoms with Crippen LogP contribution < -0.4 is 5.32 Å². The third kappa shape index (κ3) is 3.62. The van der Waals surface area contributed by atoms with Crippen LogP contribution in [0, 0.1) is 0 Å². The molecule has 0 aromatic heterocycles. The normalized spacial score (nSPS) is 21.7. The lowest BCUT2D eigenvalue weighted by Gasteiger charge is -2.27. The van der Waals surface area contributed by atoms with Crippen LogP contribution >= 0.6 is 11.8 Å². The highest BCUT2D eigenvalue weighted by atomic mass is 32.2. The fourth-order valence-electron chi connectivity index (χ4n) is 2.73. The SMILES string of the molecule is O=C1Nc2ccccc2CCC1SCC(=O)N1CCOCC1. The van der Waals surface area contributed by atoms with E-state index >= 15 is 0 Å². The lowest BCUT2D eigenvalue weighted by Crippen LogP contribution is -2.42. The van der Waals surface area contributed by atoms with Gasteiger partial charge in [0.15, 0.2) is 0 Å². The number of rotatable bonds is 3. The molecule has 1 aromatic rings. The molecule has 2 heterocycles. The Morgan fingerprint density at radius 2 is 2.09 bits per heavy atom. The Bertz CT molecular complexity index is 558. The van der Waals surface area contributed by atoms with Crippen LogP contribution in [-0.2, 0) is 20.7 Å². The second-order valence-electron chi connectivity index (χ2n) is 5.48. The molecule has 2 aliphatic heterocycles. The lowest BCUT2D eigenvalue weighted by molar-refractivity contribution is -0.132. The maximum atomic E-state index is 12.3. The highest BCUT2D eigenvalue weighted by Gasteiger charge is 2.26. The second kappa shape index (κ2) is 7.15. The second-order valence-corrected chi connectivity index (χ2v) is 6.67. The van der Waals surface area contributed by atoms with Crippen LogP contribution in [0.4, 0.5) is 5.69 Å². The monoisotopic (exact) mass is 320 g/mol. The van der Waals surface area contributed by atoms with Crippen LogP contribution in [-0.4, -0.2) is 54.0 Å². The zero-order valence-corrected chi connectivity index (χ0v) is 13.2. The smallest absolute Gasteiger partial charge is 0.237 e. The first kappa shape index (κ1) is 15.4. The van der Waals surface area contributed by atoms with Gasteiger partial charge in [0.1, 0.15) is 0 Å². The van der Waals surface area contributed by atoms with Crippen LogP contribution in [0.5, 0.6) is 0 Å². The summed E-state index contributed by atoms with van der Waals surface area (Å²) in [5, 5.41) is 2.80. The number of thioether (sulfide) groups is 1. The Morgan fingerprint density at radius 3 is 2.91 bits per heavy atom. The molecule has 0 aliphatic carbocycles. The number of benzene rings is 1. The van der Waals surface area contributed by atoms with Gasteiger partial charge in [-0.15, -0.1) is 11.8 Å². The van der Waals surface area contributed by atoms with Gasteiger partial charge in [-0.1, -0.05) is 18.2 Å². The van der Waals surface area contributed by atoms with Crippen LogP contribution in [0.15, 0.2) is 24.3 Å². The minimum Gasteiger partial charge on any atom is -0.378 e. The van der Waals surface area contributed by atoms with E-state index in [0.717, 1.165) is 18.5 Å². The molecular formula is C16H20N2O3S. The average Bonchev–Trinajstić information content (AvgIpc) is 2.72. The van der Waals surface area contributed by atoms with Crippen molar-refractivity contribution in [3.05, 3.63) is 29.8 Å². The largest absolute Gasteiger partial charge is 0.378 e. The maximum Gasteiger partial charge on any atom is 0.237 e. The number of morpholine rings is 1. The van der Waals surface area contributed by atoms with E-state index in [1.54, 1.807) is 0 Å². The van der Waals surface area contributed by atoms with E-state index in [9.17, 15) is 9.59 Å². The maximum absolute atomic E-state index is 12.3. The number of carbonyl (C=O) groups is 2. The van der Waals surface area contributed by atoms with Crippen molar-refractivity contribution >= 4 is 29.3 Å². The predicted octanol–water partition coefficient (Wildman–Crippen LogP) is 1.53. The Morgan fingerprint density at radius 1 is 1.32 bits per heavy atom. The fourth-order valence-corrected chi connectivity index (χ4v) is 3.75. The summed E-state index contributed by atoms with van der Waals surface area (Å²) in [6, 6.07) is 7.88. The molecule has 118 valence electrons. The number of carbonyl (C=O) groups excluding carboxylic acids is 2. The number of fused-ring (bicyclic) bond motifs is 1. The van der Waals surface area contributed by atoms with E-state index in [0.29, 0.717) is 32.1 Å². The van der Waals surface area contributed by atoms with E-state index in [4.69, 9.17) is 4.74 Å². The summed E-state index contributed by atoms with van der Waals surface area (Å²) in [6.45, 7) is 2.52. The molecular weight excluding hydrogens is 300 g/mol. The minimum atomic E-state index is -0.169. The third-order valence-corrected chi connectivity index (χ3v) is 5.28. The van der Waals surface area contributed by atoms with E-state index in [1.165, 1.54) is 17.3 Å². The number of hydrogen-bond donors (Lipinski definition) is 1. The number of ether oxygens (including phenoxy) is 1. The molecule has 1 unspecified atom stereocenters. The highest BCUT2D eigenvalue weighted by Crippen LogP contribution is 2.27. The summed E-state index contributed by atoms with van der Waals surface area (Å²) >= 11 is 1.45. The summed E-state index contributed by atoms with van der Waals surface area (Å²) in [5.74, 6) is 0.460. The van der Waals surface area contributed by atoms with Crippen molar-refractivity contribution in [3.63, 3.8) is 0 Å². The van der Waals surface area contributed by atoms with Crippen molar-refractivity contribution in [1.82, 2.24) is 4.90 Å². The number of nitrogens with zero attached hydrogens (tertiary/aromatic N) is 1. The van der Waals surface area contributed by atoms with Crippen molar-refractivity contribution in [2.24, 2.45) is 0 Å². The van der Waals surface area contributed by atoms with E-state index in [1.807, 2.05) is 29.2 Å². The Labute approximate surface area is 134 Å².